The number of anilines is 1. The second-order valence-corrected chi connectivity index (χ2v) is 7.10. The van der Waals surface area contributed by atoms with Crippen molar-refractivity contribution in [1.82, 2.24) is 0 Å². The minimum Gasteiger partial charge on any atom is -0.497 e. The third kappa shape index (κ3) is 4.51. The van der Waals surface area contributed by atoms with E-state index in [1.807, 2.05) is 41.8 Å². The van der Waals surface area contributed by atoms with Gasteiger partial charge in [0.25, 0.3) is 5.91 Å². The molecule has 1 aromatic heterocycles. The summed E-state index contributed by atoms with van der Waals surface area (Å²) in [5.41, 5.74) is 1.15. The zero-order valence-electron chi connectivity index (χ0n) is 15.7. The molecular weight excluding hydrogens is 372 g/mol. The van der Waals surface area contributed by atoms with Crippen LogP contribution in [0.1, 0.15) is 17.4 Å². The van der Waals surface area contributed by atoms with Gasteiger partial charge in [0.1, 0.15) is 17.6 Å². The molecule has 1 unspecified atom stereocenters. The summed E-state index contributed by atoms with van der Waals surface area (Å²) in [6.07, 6.45) is -0.753. The van der Waals surface area contributed by atoms with Gasteiger partial charge < -0.3 is 14.4 Å². The van der Waals surface area contributed by atoms with E-state index < -0.39 is 6.10 Å². The van der Waals surface area contributed by atoms with Crippen molar-refractivity contribution in [2.24, 2.45) is 0 Å². The van der Waals surface area contributed by atoms with E-state index in [-0.39, 0.29) is 5.91 Å². The van der Waals surface area contributed by atoms with Crippen LogP contribution in [0, 0.1) is 11.3 Å². The standard InChI is InChI=1S/C22H20N2O3S/c1-16(27-21-8-4-3-6-17(21)14-23)22(25)24(15-20-7-5-13-28-20)18-9-11-19(26-2)12-10-18/h3-13,16H,15H2,1-2H3. The fourth-order valence-corrected chi connectivity index (χ4v) is 3.43. The van der Waals surface area contributed by atoms with Crippen LogP contribution in [0.2, 0.25) is 0 Å². The first-order valence-electron chi connectivity index (χ1n) is 8.76. The van der Waals surface area contributed by atoms with Crippen LogP contribution in [0.4, 0.5) is 5.69 Å². The number of nitriles is 1. The molecule has 0 aliphatic carbocycles. The molecule has 6 heteroatoms. The summed E-state index contributed by atoms with van der Waals surface area (Å²) < 4.78 is 11.0. The maximum atomic E-state index is 13.2. The van der Waals surface area contributed by atoms with Crippen molar-refractivity contribution in [3.8, 4) is 17.6 Å². The monoisotopic (exact) mass is 392 g/mol. The molecule has 3 rings (SSSR count). The number of benzene rings is 2. The van der Waals surface area contributed by atoms with E-state index in [0.717, 1.165) is 16.3 Å². The van der Waals surface area contributed by atoms with Crippen molar-refractivity contribution in [2.75, 3.05) is 12.0 Å². The van der Waals surface area contributed by atoms with Gasteiger partial charge in [-0.05, 0) is 54.8 Å². The molecule has 1 atom stereocenters. The molecular formula is C22H20N2O3S. The van der Waals surface area contributed by atoms with Crippen molar-refractivity contribution in [1.29, 1.82) is 5.26 Å². The molecule has 0 spiro atoms. The van der Waals surface area contributed by atoms with Crippen LogP contribution in [0.5, 0.6) is 11.5 Å². The molecule has 0 saturated heterocycles. The lowest BCUT2D eigenvalue weighted by Crippen LogP contribution is -2.40. The van der Waals surface area contributed by atoms with Crippen molar-refractivity contribution in [3.05, 3.63) is 76.5 Å². The Morgan fingerprint density at radius 2 is 1.89 bits per heavy atom. The first-order valence-corrected chi connectivity index (χ1v) is 9.64. The average molecular weight is 392 g/mol. The SMILES string of the molecule is COc1ccc(N(Cc2cccs2)C(=O)C(C)Oc2ccccc2C#N)cc1. The number of nitrogens with zero attached hydrogens (tertiary/aromatic N) is 2. The Kier molecular flexibility index (Phi) is 6.30. The lowest BCUT2D eigenvalue weighted by atomic mass is 10.2. The van der Waals surface area contributed by atoms with Gasteiger partial charge in [0.15, 0.2) is 6.10 Å². The summed E-state index contributed by atoms with van der Waals surface area (Å²) in [5, 5.41) is 11.2. The number of methoxy groups -OCH3 is 1. The summed E-state index contributed by atoms with van der Waals surface area (Å²) in [6, 6.07) is 20.3. The maximum Gasteiger partial charge on any atom is 0.268 e. The Labute approximate surface area is 168 Å². The van der Waals surface area contributed by atoms with Gasteiger partial charge in [-0.1, -0.05) is 18.2 Å². The number of thiophene rings is 1. The van der Waals surface area contributed by atoms with Gasteiger partial charge in [0.05, 0.1) is 19.2 Å². The van der Waals surface area contributed by atoms with Gasteiger partial charge in [-0.25, -0.2) is 0 Å². The zero-order valence-corrected chi connectivity index (χ0v) is 16.5. The van der Waals surface area contributed by atoms with E-state index in [9.17, 15) is 10.1 Å². The Bertz CT molecular complexity index is 962. The van der Waals surface area contributed by atoms with Gasteiger partial charge >= 0.3 is 0 Å². The van der Waals surface area contributed by atoms with E-state index in [1.165, 1.54) is 0 Å². The number of carbonyl (C=O) groups excluding carboxylic acids is 1. The minimum absolute atomic E-state index is 0.189. The fraction of sp³-hybridized carbons (Fsp3) is 0.182. The second-order valence-electron chi connectivity index (χ2n) is 6.07. The van der Waals surface area contributed by atoms with E-state index in [0.29, 0.717) is 17.9 Å². The molecule has 1 heterocycles. The number of amides is 1. The topological polar surface area (TPSA) is 62.6 Å². The van der Waals surface area contributed by atoms with E-state index >= 15 is 0 Å². The molecule has 1 amide bonds. The first-order chi connectivity index (χ1) is 13.6. The van der Waals surface area contributed by atoms with Gasteiger partial charge in [0.2, 0.25) is 0 Å². The summed E-state index contributed by atoms with van der Waals surface area (Å²) in [4.78, 5) is 16.0. The van der Waals surface area contributed by atoms with Crippen LogP contribution in [-0.4, -0.2) is 19.1 Å². The van der Waals surface area contributed by atoms with E-state index in [4.69, 9.17) is 9.47 Å². The molecule has 28 heavy (non-hydrogen) atoms. The van der Waals surface area contributed by atoms with E-state index in [2.05, 4.69) is 6.07 Å². The van der Waals surface area contributed by atoms with E-state index in [1.54, 1.807) is 54.5 Å². The van der Waals surface area contributed by atoms with Crippen LogP contribution in [0.15, 0.2) is 66.0 Å². The number of carbonyl (C=O) groups is 1. The Hall–Kier alpha value is -3.30. The molecule has 2 aromatic carbocycles. The lowest BCUT2D eigenvalue weighted by Gasteiger charge is -2.26. The molecule has 142 valence electrons. The normalized spacial score (nSPS) is 11.3. The minimum atomic E-state index is -0.753. The molecule has 0 bridgehead atoms. The Morgan fingerprint density at radius 3 is 2.54 bits per heavy atom. The highest BCUT2D eigenvalue weighted by molar-refractivity contribution is 7.09. The largest absolute Gasteiger partial charge is 0.497 e. The van der Waals surface area contributed by atoms with Crippen LogP contribution in [0.25, 0.3) is 0 Å². The van der Waals surface area contributed by atoms with Crippen LogP contribution >= 0.6 is 11.3 Å². The van der Waals surface area contributed by atoms with Gasteiger partial charge in [-0.3, -0.25) is 4.79 Å². The Morgan fingerprint density at radius 1 is 1.14 bits per heavy atom. The molecule has 5 nitrogen and oxygen atoms in total. The Balaban J connectivity index is 1.85. The first kappa shape index (κ1) is 19.5. The third-order valence-electron chi connectivity index (χ3n) is 4.20. The number of hydrogen-bond acceptors (Lipinski definition) is 5. The number of rotatable bonds is 7. The quantitative estimate of drug-likeness (QED) is 0.588. The number of para-hydroxylation sites is 1. The summed E-state index contributed by atoms with van der Waals surface area (Å²) in [5.74, 6) is 0.933. The highest BCUT2D eigenvalue weighted by atomic mass is 32.1. The molecule has 0 aliphatic heterocycles. The summed E-state index contributed by atoms with van der Waals surface area (Å²) in [6.45, 7) is 2.14. The zero-order chi connectivity index (χ0) is 19.9. The van der Waals surface area contributed by atoms with Crippen LogP contribution in [-0.2, 0) is 11.3 Å². The molecule has 0 N–H and O–H groups in total. The van der Waals surface area contributed by atoms with Crippen molar-refractivity contribution < 1.29 is 14.3 Å². The van der Waals surface area contributed by atoms with Crippen molar-refractivity contribution in [3.63, 3.8) is 0 Å². The number of hydrogen-bond donors (Lipinski definition) is 0. The highest BCUT2D eigenvalue weighted by Crippen LogP contribution is 2.25. The lowest BCUT2D eigenvalue weighted by molar-refractivity contribution is -0.124. The molecule has 0 saturated carbocycles. The summed E-state index contributed by atoms with van der Waals surface area (Å²) in [7, 11) is 1.60. The smallest absolute Gasteiger partial charge is 0.268 e. The van der Waals surface area contributed by atoms with Gasteiger partial charge in [-0.2, -0.15) is 5.26 Å². The van der Waals surface area contributed by atoms with Crippen LogP contribution in [0.3, 0.4) is 0 Å². The maximum absolute atomic E-state index is 13.2. The predicted molar refractivity (Wildman–Crippen MR) is 110 cm³/mol. The third-order valence-corrected chi connectivity index (χ3v) is 5.06. The van der Waals surface area contributed by atoms with Gasteiger partial charge in [0, 0.05) is 10.6 Å². The molecule has 3 aromatic rings. The van der Waals surface area contributed by atoms with Gasteiger partial charge in [-0.15, -0.1) is 11.3 Å². The molecule has 0 radical (unpaired) electrons. The summed E-state index contributed by atoms with van der Waals surface area (Å²) >= 11 is 1.59. The fourth-order valence-electron chi connectivity index (χ4n) is 2.74. The van der Waals surface area contributed by atoms with Crippen LogP contribution < -0.4 is 14.4 Å². The molecule has 0 fully saturated rings. The van der Waals surface area contributed by atoms with Crippen molar-refractivity contribution >= 4 is 22.9 Å². The average Bonchev–Trinajstić information content (AvgIpc) is 3.25. The van der Waals surface area contributed by atoms with Crippen molar-refractivity contribution in [2.45, 2.75) is 19.6 Å². The number of ether oxygens (including phenoxy) is 2. The highest BCUT2D eigenvalue weighted by Gasteiger charge is 2.25. The molecule has 0 aliphatic rings. The predicted octanol–water partition coefficient (Wildman–Crippen LogP) is 4.63. The second kappa shape index (κ2) is 9.07.